The fourth-order valence-electron chi connectivity index (χ4n) is 9.84. The Labute approximate surface area is 361 Å². The highest BCUT2D eigenvalue weighted by Gasteiger charge is 2.24. The Bertz CT molecular complexity index is 3850. The molecular formula is C58H35N3S. The molecule has 0 aliphatic heterocycles. The minimum Gasteiger partial charge on any atom is -0.309 e. The molecule has 0 N–H and O–H groups in total. The lowest BCUT2D eigenvalue weighted by molar-refractivity contribution is 1.19. The first kappa shape index (κ1) is 34.9. The summed E-state index contributed by atoms with van der Waals surface area (Å²) in [7, 11) is 0. The van der Waals surface area contributed by atoms with Crippen molar-refractivity contribution in [3.05, 3.63) is 212 Å². The van der Waals surface area contributed by atoms with Gasteiger partial charge in [-0.25, -0.2) is 9.97 Å². The minimum atomic E-state index is 0.721. The van der Waals surface area contributed by atoms with Gasteiger partial charge in [0.2, 0.25) is 0 Å². The predicted octanol–water partition coefficient (Wildman–Crippen LogP) is 16.1. The lowest BCUT2D eigenvalue weighted by Gasteiger charge is -2.19. The third-order valence-corrected chi connectivity index (χ3v) is 13.7. The molecule has 0 atom stereocenters. The first-order valence-electron chi connectivity index (χ1n) is 21.1. The fourth-order valence-corrected chi connectivity index (χ4v) is 10.9. The van der Waals surface area contributed by atoms with Gasteiger partial charge in [-0.1, -0.05) is 182 Å². The zero-order valence-electron chi connectivity index (χ0n) is 33.5. The summed E-state index contributed by atoms with van der Waals surface area (Å²) in [5.41, 5.74) is 11.2. The molecule has 0 saturated carbocycles. The molecule has 13 rings (SSSR count). The number of benzene rings is 10. The van der Waals surface area contributed by atoms with Crippen LogP contribution in [0.3, 0.4) is 0 Å². The molecule has 0 unspecified atom stereocenters. The number of para-hydroxylation sites is 2. The summed E-state index contributed by atoms with van der Waals surface area (Å²) in [4.78, 5) is 11.8. The van der Waals surface area contributed by atoms with Gasteiger partial charge in [-0.15, -0.1) is 11.3 Å². The molecule has 0 fully saturated rings. The Morgan fingerprint density at radius 1 is 0.339 bits per heavy atom. The van der Waals surface area contributed by atoms with Crippen LogP contribution in [-0.4, -0.2) is 14.5 Å². The molecule has 288 valence electrons. The van der Waals surface area contributed by atoms with E-state index in [-0.39, 0.29) is 0 Å². The van der Waals surface area contributed by atoms with Crippen molar-refractivity contribution in [3.63, 3.8) is 0 Å². The summed E-state index contributed by atoms with van der Waals surface area (Å²) in [5, 5.41) is 12.2. The van der Waals surface area contributed by atoms with Crippen molar-refractivity contribution in [3.8, 4) is 50.6 Å². The molecule has 0 spiro atoms. The molecule has 0 radical (unpaired) electrons. The maximum Gasteiger partial charge on any atom is 0.161 e. The summed E-state index contributed by atoms with van der Waals surface area (Å²) >= 11 is 1.75. The Balaban J connectivity index is 1.15. The highest BCUT2D eigenvalue weighted by molar-refractivity contribution is 7.25. The van der Waals surface area contributed by atoms with Crippen LogP contribution in [0.1, 0.15) is 0 Å². The smallest absolute Gasteiger partial charge is 0.161 e. The van der Waals surface area contributed by atoms with Crippen LogP contribution in [-0.2, 0) is 0 Å². The van der Waals surface area contributed by atoms with Crippen molar-refractivity contribution in [1.29, 1.82) is 0 Å². The van der Waals surface area contributed by atoms with Gasteiger partial charge in [-0.3, -0.25) is 0 Å². The van der Waals surface area contributed by atoms with E-state index in [0.29, 0.717) is 0 Å². The standard InChI is InChI=1S/C58H35N3S/c1-3-16-36(17-4-1)37-30-32-39(33-31-37)57-59-56(38-18-5-2-6-19-38)55-54-46(26-15-29-53(54)62-58(55)60-57)49-34-47-42-22-9-7-20-40(42)41-21-8-10-23-43(41)48(47)35-52(49)61-50-27-13-11-24-44(50)45-25-12-14-28-51(45)61/h1-35H. The molecule has 10 aromatic carbocycles. The maximum atomic E-state index is 5.47. The molecule has 62 heavy (non-hydrogen) atoms. The van der Waals surface area contributed by atoms with E-state index >= 15 is 0 Å². The molecule has 0 bridgehead atoms. The lowest BCUT2D eigenvalue weighted by Crippen LogP contribution is -1.99. The molecule has 0 aliphatic carbocycles. The number of fused-ring (bicyclic) bond motifs is 12. The Hall–Kier alpha value is -7.92. The molecule has 13 aromatic rings. The van der Waals surface area contributed by atoms with Crippen LogP contribution in [0.4, 0.5) is 0 Å². The van der Waals surface area contributed by atoms with E-state index in [2.05, 4.69) is 217 Å². The van der Waals surface area contributed by atoms with Gasteiger partial charge in [0.15, 0.2) is 5.82 Å². The van der Waals surface area contributed by atoms with E-state index in [1.54, 1.807) is 11.3 Å². The molecule has 4 heteroatoms. The number of hydrogen-bond donors (Lipinski definition) is 0. The normalized spacial score (nSPS) is 11.9. The van der Waals surface area contributed by atoms with E-state index in [9.17, 15) is 0 Å². The zero-order valence-corrected chi connectivity index (χ0v) is 34.3. The molecule has 3 heterocycles. The van der Waals surface area contributed by atoms with E-state index < -0.39 is 0 Å². The monoisotopic (exact) mass is 805 g/mol. The van der Waals surface area contributed by atoms with E-state index in [1.165, 1.54) is 75.3 Å². The zero-order chi connectivity index (χ0) is 40.7. The first-order chi connectivity index (χ1) is 30.8. The number of aromatic nitrogens is 3. The van der Waals surface area contributed by atoms with Gasteiger partial charge in [0.25, 0.3) is 0 Å². The maximum absolute atomic E-state index is 5.47. The van der Waals surface area contributed by atoms with Crippen molar-refractivity contribution in [2.45, 2.75) is 0 Å². The fraction of sp³-hybridized carbons (Fsp3) is 0. The van der Waals surface area contributed by atoms with Crippen LogP contribution in [0.2, 0.25) is 0 Å². The van der Waals surface area contributed by atoms with Gasteiger partial charge >= 0.3 is 0 Å². The second-order valence-corrected chi connectivity index (χ2v) is 17.1. The molecule has 0 aliphatic rings. The summed E-state index contributed by atoms with van der Waals surface area (Å²) < 4.78 is 3.67. The van der Waals surface area contributed by atoms with Gasteiger partial charge in [0.05, 0.1) is 22.4 Å². The number of rotatable bonds is 5. The van der Waals surface area contributed by atoms with Crippen molar-refractivity contribution in [2.75, 3.05) is 0 Å². The van der Waals surface area contributed by atoms with Crippen LogP contribution >= 0.6 is 11.3 Å². The minimum absolute atomic E-state index is 0.721. The third-order valence-electron chi connectivity index (χ3n) is 12.6. The van der Waals surface area contributed by atoms with Gasteiger partial charge in [-0.05, 0) is 79.3 Å². The number of nitrogens with zero attached hydrogens (tertiary/aromatic N) is 3. The summed E-state index contributed by atoms with van der Waals surface area (Å²) in [5.74, 6) is 0.721. The Morgan fingerprint density at radius 3 is 1.47 bits per heavy atom. The van der Waals surface area contributed by atoms with Gasteiger partial charge < -0.3 is 4.57 Å². The molecule has 0 amide bonds. The van der Waals surface area contributed by atoms with Crippen LogP contribution in [0.5, 0.6) is 0 Å². The van der Waals surface area contributed by atoms with Crippen LogP contribution in [0.25, 0.3) is 125 Å². The number of thiophene rings is 1. The predicted molar refractivity (Wildman–Crippen MR) is 264 cm³/mol. The SMILES string of the molecule is c1ccc(-c2ccc(-c3nc(-c4ccccc4)c4c(n3)sc3cccc(-c5cc6c7ccccc7c7ccccc7c6cc5-n5c6ccccc6c6ccccc65)c34)cc2)cc1. The summed E-state index contributed by atoms with van der Waals surface area (Å²) in [6, 6.07) is 76.8. The van der Waals surface area contributed by atoms with E-state index in [4.69, 9.17) is 9.97 Å². The van der Waals surface area contributed by atoms with Crippen LogP contribution < -0.4 is 0 Å². The topological polar surface area (TPSA) is 30.7 Å². The molecule has 3 aromatic heterocycles. The van der Waals surface area contributed by atoms with Crippen molar-refractivity contribution in [2.24, 2.45) is 0 Å². The highest BCUT2D eigenvalue weighted by Crippen LogP contribution is 2.48. The van der Waals surface area contributed by atoms with E-state index in [0.717, 1.165) is 49.7 Å². The van der Waals surface area contributed by atoms with Crippen LogP contribution in [0, 0.1) is 0 Å². The van der Waals surface area contributed by atoms with Gasteiger partial charge in [0, 0.05) is 42.9 Å². The summed E-state index contributed by atoms with van der Waals surface area (Å²) in [6.07, 6.45) is 0. The Morgan fingerprint density at radius 2 is 0.839 bits per heavy atom. The average Bonchev–Trinajstić information content (AvgIpc) is 3.90. The Kier molecular flexibility index (Phi) is 7.78. The first-order valence-corrected chi connectivity index (χ1v) is 21.9. The van der Waals surface area contributed by atoms with Gasteiger partial charge in [-0.2, -0.15) is 0 Å². The summed E-state index contributed by atoms with van der Waals surface area (Å²) in [6.45, 7) is 0. The molecule has 0 saturated heterocycles. The van der Waals surface area contributed by atoms with Crippen molar-refractivity contribution in [1.82, 2.24) is 14.5 Å². The molecular weight excluding hydrogens is 771 g/mol. The molecule has 3 nitrogen and oxygen atoms in total. The second-order valence-electron chi connectivity index (χ2n) is 16.0. The van der Waals surface area contributed by atoms with E-state index in [1.807, 2.05) is 0 Å². The second kappa shape index (κ2) is 13.8. The number of hydrogen-bond acceptors (Lipinski definition) is 3. The van der Waals surface area contributed by atoms with Crippen LogP contribution in [0.15, 0.2) is 212 Å². The largest absolute Gasteiger partial charge is 0.309 e. The highest BCUT2D eigenvalue weighted by atomic mass is 32.1. The lowest BCUT2D eigenvalue weighted by atomic mass is 9.89. The van der Waals surface area contributed by atoms with Crippen molar-refractivity contribution >= 4 is 85.8 Å². The third kappa shape index (κ3) is 5.30. The quantitative estimate of drug-likeness (QED) is 0.162. The van der Waals surface area contributed by atoms with Crippen molar-refractivity contribution < 1.29 is 0 Å². The average molecular weight is 806 g/mol. The van der Waals surface area contributed by atoms with Gasteiger partial charge in [0.1, 0.15) is 4.83 Å².